The van der Waals surface area contributed by atoms with Gasteiger partial charge in [0, 0.05) is 10.0 Å². The fourth-order valence-corrected chi connectivity index (χ4v) is 3.03. The lowest BCUT2D eigenvalue weighted by Gasteiger charge is -2.19. The van der Waals surface area contributed by atoms with Crippen molar-refractivity contribution in [2.75, 3.05) is 20.8 Å². The van der Waals surface area contributed by atoms with Crippen LogP contribution in [0, 0.1) is 0 Å². The van der Waals surface area contributed by atoms with E-state index >= 15 is 0 Å². The van der Waals surface area contributed by atoms with Crippen LogP contribution in [-0.4, -0.2) is 38.5 Å². The van der Waals surface area contributed by atoms with E-state index < -0.39 is 17.9 Å². The number of ketones is 1. The zero-order chi connectivity index (χ0) is 21.4. The predicted octanol–water partition coefficient (Wildman–Crippen LogP) is 3.46. The van der Waals surface area contributed by atoms with E-state index in [9.17, 15) is 14.4 Å². The van der Waals surface area contributed by atoms with Gasteiger partial charge >= 0.3 is 5.97 Å². The van der Waals surface area contributed by atoms with E-state index in [0.717, 1.165) is 10.0 Å². The van der Waals surface area contributed by atoms with Gasteiger partial charge in [0.1, 0.15) is 0 Å². The van der Waals surface area contributed by atoms with Gasteiger partial charge in [-0.2, -0.15) is 0 Å². The van der Waals surface area contributed by atoms with Crippen LogP contribution >= 0.6 is 15.9 Å². The van der Waals surface area contributed by atoms with Crippen LogP contribution in [-0.2, 0) is 14.3 Å². The Morgan fingerprint density at radius 2 is 1.83 bits per heavy atom. The minimum Gasteiger partial charge on any atom is -0.493 e. The summed E-state index contributed by atoms with van der Waals surface area (Å²) >= 11 is 3.38. The van der Waals surface area contributed by atoms with Gasteiger partial charge in [-0.05, 0) is 42.8 Å². The molecule has 2 rings (SSSR count). The Labute approximate surface area is 177 Å². The highest BCUT2D eigenvalue weighted by molar-refractivity contribution is 9.10. The Morgan fingerprint density at radius 1 is 1.07 bits per heavy atom. The maximum Gasteiger partial charge on any atom is 0.307 e. The molecule has 1 unspecified atom stereocenters. The summed E-state index contributed by atoms with van der Waals surface area (Å²) in [5.74, 6) is -0.287. The molecular weight excluding hydrogens is 442 g/mol. The number of hydrogen-bond acceptors (Lipinski definition) is 6. The van der Waals surface area contributed by atoms with Gasteiger partial charge in [-0.1, -0.05) is 28.1 Å². The zero-order valence-corrected chi connectivity index (χ0v) is 17.9. The number of benzene rings is 2. The van der Waals surface area contributed by atoms with Crippen LogP contribution < -0.4 is 14.8 Å². The summed E-state index contributed by atoms with van der Waals surface area (Å²) in [6.07, 6.45) is -0.0185. The van der Waals surface area contributed by atoms with Crippen LogP contribution in [0.4, 0.5) is 0 Å². The van der Waals surface area contributed by atoms with Crippen LogP contribution in [0.3, 0.4) is 0 Å². The third kappa shape index (κ3) is 6.60. The number of Topliss-reactive ketones (excluding diaryl/α,β-unsaturated/α-hetero) is 1. The number of nitrogens with one attached hydrogen (secondary N) is 1. The van der Waals surface area contributed by atoms with Crippen molar-refractivity contribution in [1.29, 1.82) is 0 Å². The molecule has 2 aromatic rings. The van der Waals surface area contributed by atoms with E-state index in [4.69, 9.17) is 14.2 Å². The molecule has 0 radical (unpaired) electrons. The minimum atomic E-state index is -0.571. The van der Waals surface area contributed by atoms with E-state index in [2.05, 4.69) is 21.2 Å². The second kappa shape index (κ2) is 10.6. The Morgan fingerprint density at radius 3 is 2.45 bits per heavy atom. The van der Waals surface area contributed by atoms with Gasteiger partial charge < -0.3 is 19.5 Å². The first-order chi connectivity index (χ1) is 13.8. The fraction of sp³-hybridized carbons (Fsp3) is 0.286. The van der Waals surface area contributed by atoms with Gasteiger partial charge in [0.05, 0.1) is 26.7 Å². The van der Waals surface area contributed by atoms with Crippen LogP contribution in [0.1, 0.15) is 35.3 Å². The maximum absolute atomic E-state index is 12.4. The van der Waals surface area contributed by atoms with E-state index in [1.165, 1.54) is 21.1 Å². The number of methoxy groups -OCH3 is 2. The highest BCUT2D eigenvalue weighted by atomic mass is 79.9. The van der Waals surface area contributed by atoms with Crippen molar-refractivity contribution in [3.05, 3.63) is 58.1 Å². The first kappa shape index (κ1) is 22.4. The van der Waals surface area contributed by atoms with Crippen molar-refractivity contribution in [3.8, 4) is 11.5 Å². The summed E-state index contributed by atoms with van der Waals surface area (Å²) in [5.41, 5.74) is 1.23. The maximum atomic E-state index is 12.4. The third-order valence-electron chi connectivity index (χ3n) is 4.11. The third-order valence-corrected chi connectivity index (χ3v) is 4.61. The molecule has 8 heteroatoms. The van der Waals surface area contributed by atoms with Crippen LogP contribution in [0.2, 0.25) is 0 Å². The number of carbonyl (C=O) groups excluding carboxylic acids is 3. The highest BCUT2D eigenvalue weighted by Gasteiger charge is 2.20. The Balaban J connectivity index is 2.08. The lowest BCUT2D eigenvalue weighted by atomic mass is 10.0. The molecule has 1 amide bonds. The molecule has 0 fully saturated rings. The zero-order valence-electron chi connectivity index (χ0n) is 16.4. The van der Waals surface area contributed by atoms with Gasteiger partial charge in [-0.3, -0.25) is 14.4 Å². The quantitative estimate of drug-likeness (QED) is 0.452. The molecule has 1 N–H and O–H groups in total. The standard InChI is InChI=1S/C21H22BrNO6/c1-13(24)14-7-8-18(19(10-14)27-2)29-12-20(25)23-17(11-21(26)28-3)15-5-4-6-16(22)9-15/h4-10,17H,11-12H2,1-3H3,(H,23,25). The molecule has 0 aliphatic heterocycles. The average molecular weight is 464 g/mol. The smallest absolute Gasteiger partial charge is 0.307 e. The lowest BCUT2D eigenvalue weighted by Crippen LogP contribution is -2.34. The van der Waals surface area contributed by atoms with E-state index in [1.807, 2.05) is 24.3 Å². The SMILES string of the molecule is COC(=O)CC(NC(=O)COc1ccc(C(C)=O)cc1OC)c1cccc(Br)c1. The van der Waals surface area contributed by atoms with E-state index in [-0.39, 0.29) is 18.8 Å². The monoisotopic (exact) mass is 463 g/mol. The number of hydrogen-bond donors (Lipinski definition) is 1. The van der Waals surface area contributed by atoms with Crippen molar-refractivity contribution in [3.63, 3.8) is 0 Å². The number of ether oxygens (including phenoxy) is 3. The molecule has 0 aromatic heterocycles. The number of carbonyl (C=O) groups is 3. The molecule has 2 aromatic carbocycles. The van der Waals surface area contributed by atoms with Crippen molar-refractivity contribution < 1.29 is 28.6 Å². The average Bonchev–Trinajstić information content (AvgIpc) is 2.71. The van der Waals surface area contributed by atoms with Gasteiger partial charge in [0.2, 0.25) is 0 Å². The first-order valence-electron chi connectivity index (χ1n) is 8.77. The summed E-state index contributed by atoms with van der Waals surface area (Å²) in [5, 5.41) is 2.78. The molecule has 7 nitrogen and oxygen atoms in total. The van der Waals surface area contributed by atoms with Gasteiger partial charge in [-0.25, -0.2) is 0 Å². The van der Waals surface area contributed by atoms with Crippen molar-refractivity contribution in [1.82, 2.24) is 5.32 Å². The highest BCUT2D eigenvalue weighted by Crippen LogP contribution is 2.28. The normalized spacial score (nSPS) is 11.3. The Bertz CT molecular complexity index is 898. The summed E-state index contributed by atoms with van der Waals surface area (Å²) in [6, 6.07) is 11.4. The van der Waals surface area contributed by atoms with E-state index in [0.29, 0.717) is 17.1 Å². The number of esters is 1. The van der Waals surface area contributed by atoms with Gasteiger partial charge in [0.25, 0.3) is 5.91 Å². The number of halogens is 1. The summed E-state index contributed by atoms with van der Waals surface area (Å²) in [4.78, 5) is 35.7. The molecule has 0 aliphatic carbocycles. The second-order valence-electron chi connectivity index (χ2n) is 6.17. The largest absolute Gasteiger partial charge is 0.493 e. The molecule has 0 spiro atoms. The van der Waals surface area contributed by atoms with Crippen LogP contribution in [0.5, 0.6) is 11.5 Å². The first-order valence-corrected chi connectivity index (χ1v) is 9.56. The number of rotatable bonds is 9. The molecule has 0 saturated carbocycles. The van der Waals surface area contributed by atoms with Crippen LogP contribution in [0.25, 0.3) is 0 Å². The Hall–Kier alpha value is -2.87. The molecular formula is C21H22BrNO6. The van der Waals surface area contributed by atoms with Crippen molar-refractivity contribution in [2.45, 2.75) is 19.4 Å². The molecule has 0 heterocycles. The summed E-state index contributed by atoms with van der Waals surface area (Å²) in [7, 11) is 2.74. The fourth-order valence-electron chi connectivity index (χ4n) is 2.61. The molecule has 0 bridgehead atoms. The summed E-state index contributed by atoms with van der Waals surface area (Å²) < 4.78 is 16.3. The van der Waals surface area contributed by atoms with Gasteiger partial charge in [0.15, 0.2) is 23.9 Å². The van der Waals surface area contributed by atoms with Crippen molar-refractivity contribution in [2.24, 2.45) is 0 Å². The van der Waals surface area contributed by atoms with Crippen LogP contribution in [0.15, 0.2) is 46.9 Å². The summed E-state index contributed by atoms with van der Waals surface area (Å²) in [6.45, 7) is 1.16. The van der Waals surface area contributed by atoms with E-state index in [1.54, 1.807) is 18.2 Å². The van der Waals surface area contributed by atoms with Crippen molar-refractivity contribution >= 4 is 33.6 Å². The molecule has 154 valence electrons. The van der Waals surface area contributed by atoms with Gasteiger partial charge in [-0.15, -0.1) is 0 Å². The molecule has 29 heavy (non-hydrogen) atoms. The molecule has 0 saturated heterocycles. The molecule has 0 aliphatic rings. The lowest BCUT2D eigenvalue weighted by molar-refractivity contribution is -0.141. The minimum absolute atomic E-state index is 0.0185. The Kier molecular flexibility index (Phi) is 8.21. The molecule has 1 atom stereocenters. The number of amides is 1. The second-order valence-corrected chi connectivity index (χ2v) is 7.08. The predicted molar refractivity (Wildman–Crippen MR) is 110 cm³/mol. The topological polar surface area (TPSA) is 90.9 Å².